The minimum absolute atomic E-state index is 0.239. The van der Waals surface area contributed by atoms with Crippen molar-refractivity contribution in [1.82, 2.24) is 20.3 Å². The lowest BCUT2D eigenvalue weighted by molar-refractivity contribution is 0.256. The number of aromatic nitrogens is 3. The summed E-state index contributed by atoms with van der Waals surface area (Å²) < 4.78 is 10.5. The molecule has 2 aromatic heterocycles. The molecule has 0 aliphatic heterocycles. The smallest absolute Gasteiger partial charge is 0.326 e. The SMILES string of the molecule is COc1ccc(NC(=O)NC(=NCCc2c[nH]c3ccc(OC)cc23)Nc2nc(C)cc(C)n2)cc1. The number of carbonyl (C=O) groups excluding carboxylic acids is 1. The Morgan fingerprint density at radius 3 is 2.33 bits per heavy atom. The molecule has 2 amide bonds. The topological polar surface area (TPSA) is 126 Å². The van der Waals surface area contributed by atoms with Gasteiger partial charge in [-0.05, 0) is 74.4 Å². The van der Waals surface area contributed by atoms with Gasteiger partial charge in [0.2, 0.25) is 11.9 Å². The van der Waals surface area contributed by atoms with E-state index in [4.69, 9.17) is 9.47 Å². The van der Waals surface area contributed by atoms with Gasteiger partial charge in [-0.3, -0.25) is 15.6 Å². The van der Waals surface area contributed by atoms with E-state index in [1.165, 1.54) is 0 Å². The number of hydrogen-bond donors (Lipinski definition) is 4. The van der Waals surface area contributed by atoms with Gasteiger partial charge in [-0.2, -0.15) is 0 Å². The molecule has 0 unspecified atom stereocenters. The minimum Gasteiger partial charge on any atom is -0.497 e. The number of benzene rings is 2. The number of guanidine groups is 1. The third kappa shape index (κ3) is 6.29. The highest BCUT2D eigenvalue weighted by atomic mass is 16.5. The van der Waals surface area contributed by atoms with Gasteiger partial charge >= 0.3 is 6.03 Å². The highest BCUT2D eigenvalue weighted by Gasteiger charge is 2.11. The number of hydrogen-bond acceptors (Lipinski definition) is 6. The highest BCUT2D eigenvalue weighted by Crippen LogP contribution is 2.24. The van der Waals surface area contributed by atoms with E-state index in [1.54, 1.807) is 38.5 Å². The predicted octanol–water partition coefficient (Wildman–Crippen LogP) is 4.42. The van der Waals surface area contributed by atoms with Crippen LogP contribution in [0.5, 0.6) is 11.5 Å². The second kappa shape index (κ2) is 11.2. The van der Waals surface area contributed by atoms with Crippen molar-refractivity contribution in [3.63, 3.8) is 0 Å². The lowest BCUT2D eigenvalue weighted by atomic mass is 10.1. The molecule has 2 heterocycles. The molecule has 0 bridgehead atoms. The van der Waals surface area contributed by atoms with E-state index in [2.05, 4.69) is 35.9 Å². The molecular formula is C26H29N7O3. The normalized spacial score (nSPS) is 11.3. The molecular weight excluding hydrogens is 458 g/mol. The zero-order valence-electron chi connectivity index (χ0n) is 20.7. The number of nitrogens with one attached hydrogen (secondary N) is 4. The summed E-state index contributed by atoms with van der Waals surface area (Å²) in [6, 6.07) is 14.3. The number of H-pyrrole nitrogens is 1. The Morgan fingerprint density at radius 2 is 1.64 bits per heavy atom. The third-order valence-electron chi connectivity index (χ3n) is 5.42. The molecule has 4 rings (SSSR count). The largest absolute Gasteiger partial charge is 0.497 e. The van der Waals surface area contributed by atoms with Gasteiger partial charge in [0.25, 0.3) is 0 Å². The number of fused-ring (bicyclic) bond motifs is 1. The molecule has 10 heteroatoms. The Labute approximate surface area is 209 Å². The van der Waals surface area contributed by atoms with Crippen molar-refractivity contribution in [2.75, 3.05) is 31.4 Å². The molecule has 0 spiro atoms. The van der Waals surface area contributed by atoms with E-state index in [1.807, 2.05) is 44.3 Å². The van der Waals surface area contributed by atoms with E-state index in [0.29, 0.717) is 30.4 Å². The standard InChI is InChI=1S/C26H29N7O3/c1-16-13-17(2)30-25(29-16)32-24(33-26(34)31-19-5-7-20(35-3)8-6-19)27-12-11-18-15-28-23-10-9-21(36-4)14-22(18)23/h5-10,13-15,28H,11-12H2,1-4H3,(H3,27,29,30,31,32,33,34). The maximum absolute atomic E-state index is 12.7. The number of methoxy groups -OCH3 is 2. The van der Waals surface area contributed by atoms with Crippen LogP contribution in [0.2, 0.25) is 0 Å². The fourth-order valence-corrected chi connectivity index (χ4v) is 3.72. The number of aromatic amines is 1. The Morgan fingerprint density at radius 1 is 0.944 bits per heavy atom. The molecule has 186 valence electrons. The van der Waals surface area contributed by atoms with Crippen LogP contribution in [-0.2, 0) is 6.42 Å². The molecule has 2 aromatic carbocycles. The first-order valence-electron chi connectivity index (χ1n) is 11.4. The molecule has 0 saturated carbocycles. The lowest BCUT2D eigenvalue weighted by Gasteiger charge is -2.12. The Hall–Kier alpha value is -4.60. The summed E-state index contributed by atoms with van der Waals surface area (Å²) in [7, 11) is 3.24. The first kappa shape index (κ1) is 24.5. The van der Waals surface area contributed by atoms with Crippen molar-refractivity contribution in [3.05, 3.63) is 71.7 Å². The number of ether oxygens (including phenoxy) is 2. The number of nitrogens with zero attached hydrogens (tertiary/aromatic N) is 3. The van der Waals surface area contributed by atoms with Gasteiger partial charge in [-0.1, -0.05) is 0 Å². The van der Waals surface area contributed by atoms with Gasteiger partial charge in [0.1, 0.15) is 11.5 Å². The molecule has 4 aromatic rings. The van der Waals surface area contributed by atoms with Crippen LogP contribution in [0.25, 0.3) is 10.9 Å². The molecule has 0 atom stereocenters. The molecule has 0 aliphatic carbocycles. The molecule has 0 saturated heterocycles. The second-order valence-corrected chi connectivity index (χ2v) is 8.11. The van der Waals surface area contributed by atoms with Gasteiger partial charge in [0.05, 0.1) is 14.2 Å². The average molecular weight is 488 g/mol. The average Bonchev–Trinajstić information content (AvgIpc) is 3.25. The van der Waals surface area contributed by atoms with E-state index < -0.39 is 6.03 Å². The Balaban J connectivity index is 1.50. The summed E-state index contributed by atoms with van der Waals surface area (Å²) in [6.45, 7) is 4.18. The van der Waals surface area contributed by atoms with Crippen LogP contribution < -0.4 is 25.4 Å². The monoisotopic (exact) mass is 487 g/mol. The number of anilines is 2. The predicted molar refractivity (Wildman–Crippen MR) is 141 cm³/mol. The number of rotatable bonds is 7. The fourth-order valence-electron chi connectivity index (χ4n) is 3.72. The van der Waals surface area contributed by atoms with Crippen LogP contribution in [0, 0.1) is 13.8 Å². The minimum atomic E-state index is -0.451. The van der Waals surface area contributed by atoms with Crippen molar-refractivity contribution in [2.24, 2.45) is 4.99 Å². The van der Waals surface area contributed by atoms with Gasteiger partial charge in [-0.15, -0.1) is 0 Å². The van der Waals surface area contributed by atoms with Crippen LogP contribution in [0.4, 0.5) is 16.4 Å². The first-order valence-corrected chi connectivity index (χ1v) is 11.4. The summed E-state index contributed by atoms with van der Waals surface area (Å²) in [5, 5.41) is 9.66. The van der Waals surface area contributed by atoms with Gasteiger partial charge < -0.3 is 19.8 Å². The summed E-state index contributed by atoms with van der Waals surface area (Å²) >= 11 is 0. The number of urea groups is 1. The zero-order chi connectivity index (χ0) is 25.5. The lowest BCUT2D eigenvalue weighted by Crippen LogP contribution is -2.39. The molecule has 4 N–H and O–H groups in total. The van der Waals surface area contributed by atoms with Crippen molar-refractivity contribution in [2.45, 2.75) is 20.3 Å². The fraction of sp³-hybridized carbons (Fsp3) is 0.231. The van der Waals surface area contributed by atoms with Crippen LogP contribution >= 0.6 is 0 Å². The van der Waals surface area contributed by atoms with Crippen LogP contribution in [-0.4, -0.2) is 47.7 Å². The summed E-state index contributed by atoms with van der Waals surface area (Å²) in [5.41, 5.74) is 4.34. The van der Waals surface area contributed by atoms with Gasteiger partial charge in [0, 0.05) is 40.7 Å². The second-order valence-electron chi connectivity index (χ2n) is 8.11. The van der Waals surface area contributed by atoms with Crippen molar-refractivity contribution < 1.29 is 14.3 Å². The maximum Gasteiger partial charge on any atom is 0.326 e. The van der Waals surface area contributed by atoms with Crippen molar-refractivity contribution in [1.29, 1.82) is 0 Å². The van der Waals surface area contributed by atoms with Crippen molar-refractivity contribution in [3.8, 4) is 11.5 Å². The molecule has 0 radical (unpaired) electrons. The molecule has 0 aliphatic rings. The van der Waals surface area contributed by atoms with Crippen molar-refractivity contribution >= 4 is 34.5 Å². The molecule has 10 nitrogen and oxygen atoms in total. The quantitative estimate of drug-likeness (QED) is 0.226. The van der Waals surface area contributed by atoms with Crippen LogP contribution in [0.1, 0.15) is 17.0 Å². The molecule has 0 fully saturated rings. The van der Waals surface area contributed by atoms with Gasteiger partial charge in [0.15, 0.2) is 0 Å². The third-order valence-corrected chi connectivity index (χ3v) is 5.42. The maximum atomic E-state index is 12.7. The summed E-state index contributed by atoms with van der Waals surface area (Å²) in [4.78, 5) is 29.4. The highest BCUT2D eigenvalue weighted by molar-refractivity contribution is 6.07. The van der Waals surface area contributed by atoms with Crippen LogP contribution in [0.3, 0.4) is 0 Å². The molecule has 36 heavy (non-hydrogen) atoms. The van der Waals surface area contributed by atoms with E-state index >= 15 is 0 Å². The van der Waals surface area contributed by atoms with E-state index in [-0.39, 0.29) is 5.96 Å². The zero-order valence-corrected chi connectivity index (χ0v) is 20.7. The van der Waals surface area contributed by atoms with Crippen LogP contribution in [0.15, 0.2) is 59.7 Å². The number of aryl methyl sites for hydroxylation is 2. The van der Waals surface area contributed by atoms with E-state index in [0.717, 1.165) is 33.6 Å². The van der Waals surface area contributed by atoms with E-state index in [9.17, 15) is 4.79 Å². The Bertz CT molecular complexity index is 1360. The first-order chi connectivity index (χ1) is 17.4. The number of carbonyl (C=O) groups is 1. The number of amides is 2. The number of aliphatic imine (C=N–C) groups is 1. The summed E-state index contributed by atoms with van der Waals surface area (Å²) in [5.74, 6) is 2.08. The summed E-state index contributed by atoms with van der Waals surface area (Å²) in [6.07, 6.45) is 2.61. The Kier molecular flexibility index (Phi) is 7.64. The van der Waals surface area contributed by atoms with Gasteiger partial charge in [-0.25, -0.2) is 14.8 Å².